The Hall–Kier alpha value is -3.68. The van der Waals surface area contributed by atoms with E-state index in [-0.39, 0.29) is 18.2 Å². The molecule has 0 unspecified atom stereocenters. The second kappa shape index (κ2) is 17.7. The fourth-order valence-electron chi connectivity index (χ4n) is 3.66. The SMILES string of the molecule is CCCCCCCCCCCC(=O)NCC(=O)N/N=C/c1ccc(OC(=O)c2ccccc2)c(OC)c1. The highest BCUT2D eigenvalue weighted by Gasteiger charge is 2.12. The topological polar surface area (TPSA) is 106 Å². The van der Waals surface area contributed by atoms with Crippen molar-refractivity contribution in [3.63, 3.8) is 0 Å². The molecule has 2 rings (SSSR count). The zero-order valence-electron chi connectivity index (χ0n) is 22.0. The van der Waals surface area contributed by atoms with E-state index in [0.717, 1.165) is 19.3 Å². The van der Waals surface area contributed by atoms with E-state index < -0.39 is 11.9 Å². The van der Waals surface area contributed by atoms with Crippen LogP contribution in [0.2, 0.25) is 0 Å². The molecule has 0 radical (unpaired) electrons. The maximum atomic E-state index is 12.3. The van der Waals surface area contributed by atoms with Gasteiger partial charge in [-0.1, -0.05) is 76.5 Å². The number of carbonyl (C=O) groups is 3. The Balaban J connectivity index is 1.66. The van der Waals surface area contributed by atoms with Gasteiger partial charge in [-0.3, -0.25) is 9.59 Å². The van der Waals surface area contributed by atoms with Crippen molar-refractivity contribution in [3.8, 4) is 11.5 Å². The largest absolute Gasteiger partial charge is 0.493 e. The maximum absolute atomic E-state index is 12.3. The molecule has 0 saturated heterocycles. The minimum absolute atomic E-state index is 0.132. The molecule has 0 aliphatic carbocycles. The molecule has 0 atom stereocenters. The lowest BCUT2D eigenvalue weighted by Crippen LogP contribution is -2.34. The Bertz CT molecular complexity index is 1010. The fraction of sp³-hybridized carbons (Fsp3) is 0.448. The van der Waals surface area contributed by atoms with Gasteiger partial charge in [0.05, 0.1) is 25.4 Å². The summed E-state index contributed by atoms with van der Waals surface area (Å²) in [4.78, 5) is 36.2. The van der Waals surface area contributed by atoms with Crippen molar-refractivity contribution in [3.05, 3.63) is 59.7 Å². The average molecular weight is 510 g/mol. The second-order valence-corrected chi connectivity index (χ2v) is 8.81. The van der Waals surface area contributed by atoms with Crippen LogP contribution in [0.25, 0.3) is 0 Å². The molecule has 0 aliphatic rings. The van der Waals surface area contributed by atoms with Crippen LogP contribution in [0.5, 0.6) is 11.5 Å². The molecule has 8 nitrogen and oxygen atoms in total. The van der Waals surface area contributed by atoms with Crippen LogP contribution < -0.4 is 20.2 Å². The molecule has 8 heteroatoms. The lowest BCUT2D eigenvalue weighted by Gasteiger charge is -2.10. The van der Waals surface area contributed by atoms with Crippen molar-refractivity contribution < 1.29 is 23.9 Å². The van der Waals surface area contributed by atoms with Gasteiger partial charge in [0.25, 0.3) is 5.91 Å². The standard InChI is InChI=1S/C29H39N3O5/c1-3-4-5-6-7-8-9-10-14-17-27(33)30-22-28(34)32-31-21-23-18-19-25(26(20-23)36-2)37-29(35)24-15-12-11-13-16-24/h11-13,15-16,18-21H,3-10,14,17,22H2,1-2H3,(H,30,33)(H,32,34)/b31-21+. The lowest BCUT2D eigenvalue weighted by molar-refractivity contribution is -0.126. The monoisotopic (exact) mass is 509 g/mol. The normalized spacial score (nSPS) is 10.8. The lowest BCUT2D eigenvalue weighted by atomic mass is 10.1. The van der Waals surface area contributed by atoms with Gasteiger partial charge in [-0.25, -0.2) is 10.2 Å². The van der Waals surface area contributed by atoms with Crippen molar-refractivity contribution >= 4 is 24.0 Å². The third-order valence-electron chi connectivity index (χ3n) is 5.76. The van der Waals surface area contributed by atoms with Crippen molar-refractivity contribution in [2.75, 3.05) is 13.7 Å². The highest BCUT2D eigenvalue weighted by Crippen LogP contribution is 2.28. The Morgan fingerprint density at radius 3 is 2.19 bits per heavy atom. The zero-order chi connectivity index (χ0) is 26.7. The molecular weight excluding hydrogens is 470 g/mol. The van der Waals surface area contributed by atoms with Crippen LogP contribution >= 0.6 is 0 Å². The summed E-state index contributed by atoms with van der Waals surface area (Å²) in [5, 5.41) is 6.54. The van der Waals surface area contributed by atoms with Gasteiger partial charge in [0.15, 0.2) is 11.5 Å². The predicted molar refractivity (Wildman–Crippen MR) is 145 cm³/mol. The van der Waals surface area contributed by atoms with Crippen LogP contribution in [0, 0.1) is 0 Å². The van der Waals surface area contributed by atoms with E-state index in [1.54, 1.807) is 42.5 Å². The molecule has 2 N–H and O–H groups in total. The van der Waals surface area contributed by atoms with Crippen molar-refractivity contribution in [1.29, 1.82) is 0 Å². The number of benzene rings is 2. The zero-order valence-corrected chi connectivity index (χ0v) is 22.0. The molecule has 0 bridgehead atoms. The Kier molecular flexibility index (Phi) is 14.1. The first kappa shape index (κ1) is 29.5. The maximum Gasteiger partial charge on any atom is 0.343 e. The van der Waals surface area contributed by atoms with Gasteiger partial charge in [0.1, 0.15) is 0 Å². The van der Waals surface area contributed by atoms with E-state index in [2.05, 4.69) is 22.8 Å². The van der Waals surface area contributed by atoms with Gasteiger partial charge in [-0.15, -0.1) is 0 Å². The summed E-state index contributed by atoms with van der Waals surface area (Å²) >= 11 is 0. The van der Waals surface area contributed by atoms with E-state index in [9.17, 15) is 14.4 Å². The Morgan fingerprint density at radius 2 is 1.51 bits per heavy atom. The van der Waals surface area contributed by atoms with E-state index in [4.69, 9.17) is 9.47 Å². The molecular formula is C29H39N3O5. The number of methoxy groups -OCH3 is 1. The van der Waals surface area contributed by atoms with E-state index in [1.807, 2.05) is 6.07 Å². The highest BCUT2D eigenvalue weighted by molar-refractivity contribution is 5.91. The molecule has 0 saturated carbocycles. The summed E-state index contributed by atoms with van der Waals surface area (Å²) in [6, 6.07) is 13.6. The molecule has 0 fully saturated rings. The quantitative estimate of drug-likeness (QED) is 0.0976. The number of esters is 1. The molecule has 0 spiro atoms. The number of carbonyl (C=O) groups excluding carboxylic acids is 3. The van der Waals surface area contributed by atoms with E-state index >= 15 is 0 Å². The first-order valence-corrected chi connectivity index (χ1v) is 13.1. The van der Waals surface area contributed by atoms with Crippen LogP contribution in [-0.2, 0) is 9.59 Å². The molecule has 0 aromatic heterocycles. The molecule has 0 heterocycles. The van der Waals surface area contributed by atoms with Gasteiger partial charge < -0.3 is 14.8 Å². The smallest absolute Gasteiger partial charge is 0.343 e. The summed E-state index contributed by atoms with van der Waals surface area (Å²) in [6.07, 6.45) is 12.6. The van der Waals surface area contributed by atoms with Crippen LogP contribution in [0.1, 0.15) is 87.1 Å². The van der Waals surface area contributed by atoms with Crippen LogP contribution in [0.15, 0.2) is 53.6 Å². The van der Waals surface area contributed by atoms with Crippen LogP contribution in [0.4, 0.5) is 0 Å². The van der Waals surface area contributed by atoms with Gasteiger partial charge >= 0.3 is 5.97 Å². The number of nitrogens with one attached hydrogen (secondary N) is 2. The second-order valence-electron chi connectivity index (χ2n) is 8.81. The van der Waals surface area contributed by atoms with Gasteiger partial charge in [0.2, 0.25) is 5.91 Å². The molecule has 0 aliphatic heterocycles. The molecule has 37 heavy (non-hydrogen) atoms. The molecule has 2 amide bonds. The summed E-state index contributed by atoms with van der Waals surface area (Å²) in [5.74, 6) is -0.424. The van der Waals surface area contributed by atoms with Crippen LogP contribution in [0.3, 0.4) is 0 Å². The number of hydrogen-bond donors (Lipinski definition) is 2. The number of nitrogens with zero attached hydrogens (tertiary/aromatic N) is 1. The van der Waals surface area contributed by atoms with Gasteiger partial charge in [-0.2, -0.15) is 5.10 Å². The highest BCUT2D eigenvalue weighted by atomic mass is 16.6. The third-order valence-corrected chi connectivity index (χ3v) is 5.76. The van der Waals surface area contributed by atoms with Gasteiger partial charge in [-0.05, 0) is 42.3 Å². The van der Waals surface area contributed by atoms with E-state index in [0.29, 0.717) is 23.3 Å². The summed E-state index contributed by atoms with van der Waals surface area (Å²) in [5.41, 5.74) is 3.45. The first-order valence-electron chi connectivity index (χ1n) is 13.1. The summed E-state index contributed by atoms with van der Waals surface area (Å²) < 4.78 is 10.7. The number of ether oxygens (including phenoxy) is 2. The number of amides is 2. The predicted octanol–water partition coefficient (Wildman–Crippen LogP) is 5.40. The van der Waals surface area contributed by atoms with E-state index in [1.165, 1.54) is 51.8 Å². The van der Waals surface area contributed by atoms with Crippen molar-refractivity contribution in [2.24, 2.45) is 5.10 Å². The summed E-state index contributed by atoms with van der Waals surface area (Å²) in [7, 11) is 1.47. The summed E-state index contributed by atoms with van der Waals surface area (Å²) in [6.45, 7) is 2.08. The number of hydrogen-bond acceptors (Lipinski definition) is 6. The Morgan fingerprint density at radius 1 is 0.838 bits per heavy atom. The van der Waals surface area contributed by atoms with Crippen molar-refractivity contribution in [1.82, 2.24) is 10.7 Å². The first-order chi connectivity index (χ1) is 18.0. The average Bonchev–Trinajstić information content (AvgIpc) is 2.92. The number of hydrazone groups is 1. The Labute approximate surface area is 219 Å². The van der Waals surface area contributed by atoms with Gasteiger partial charge in [0, 0.05) is 6.42 Å². The van der Waals surface area contributed by atoms with Crippen LogP contribution in [-0.4, -0.2) is 37.7 Å². The molecule has 200 valence electrons. The number of unbranched alkanes of at least 4 members (excludes halogenated alkanes) is 8. The number of rotatable bonds is 17. The molecule has 2 aromatic carbocycles. The minimum atomic E-state index is -0.493. The third kappa shape index (κ3) is 12.2. The minimum Gasteiger partial charge on any atom is -0.493 e. The van der Waals surface area contributed by atoms with Crippen molar-refractivity contribution in [2.45, 2.75) is 71.1 Å². The fourth-order valence-corrected chi connectivity index (χ4v) is 3.66. The molecule has 2 aromatic rings.